The van der Waals surface area contributed by atoms with Crippen molar-refractivity contribution in [2.75, 3.05) is 5.32 Å². The molecule has 0 bridgehead atoms. The molecule has 6 heteroatoms. The molecule has 0 saturated carbocycles. The van der Waals surface area contributed by atoms with E-state index in [1.807, 2.05) is 38.1 Å². The predicted octanol–water partition coefficient (Wildman–Crippen LogP) is 5.45. The average Bonchev–Trinajstić information content (AvgIpc) is 3.01. The number of nitrogens with zero attached hydrogens (tertiary/aromatic N) is 2. The van der Waals surface area contributed by atoms with Crippen molar-refractivity contribution in [3.8, 4) is 0 Å². The highest BCUT2D eigenvalue weighted by molar-refractivity contribution is 7.22. The molecule has 0 radical (unpaired) electrons. The van der Waals surface area contributed by atoms with Crippen LogP contribution in [0, 0.1) is 13.8 Å². The molecule has 0 saturated heterocycles. The Kier molecular flexibility index (Phi) is 3.06. The number of hydrogen-bond donors (Lipinski definition) is 1. The summed E-state index contributed by atoms with van der Waals surface area (Å²) < 4.78 is 6.82. The van der Waals surface area contributed by atoms with E-state index in [2.05, 4.69) is 21.4 Å². The molecule has 0 amide bonds. The molecule has 4 rings (SSSR count). The standard InChI is InChI=1S/C16H12ClN3OS/c1-8-5-9(2)14-12(6-8)18-15(21-14)20-16-19-11-4-3-10(17)7-13(11)22-16/h3-7H,1-2H3,(H,18,19,20). The van der Waals surface area contributed by atoms with E-state index in [9.17, 15) is 0 Å². The van der Waals surface area contributed by atoms with E-state index in [0.29, 0.717) is 11.0 Å². The maximum absolute atomic E-state index is 6.00. The summed E-state index contributed by atoms with van der Waals surface area (Å²) in [6.07, 6.45) is 0. The van der Waals surface area contributed by atoms with E-state index < -0.39 is 0 Å². The number of thiazole rings is 1. The Morgan fingerprint density at radius 3 is 2.82 bits per heavy atom. The number of oxazole rings is 1. The van der Waals surface area contributed by atoms with Gasteiger partial charge in [-0.05, 0) is 49.2 Å². The number of aryl methyl sites for hydroxylation is 2. The van der Waals surface area contributed by atoms with E-state index in [0.717, 1.165) is 32.0 Å². The van der Waals surface area contributed by atoms with Crippen molar-refractivity contribution in [2.24, 2.45) is 0 Å². The van der Waals surface area contributed by atoms with Gasteiger partial charge < -0.3 is 4.42 Å². The lowest BCUT2D eigenvalue weighted by atomic mass is 10.1. The zero-order valence-corrected chi connectivity index (χ0v) is 13.5. The SMILES string of the molecule is Cc1cc(C)c2oc(Nc3nc4ccc(Cl)cc4s3)nc2c1. The van der Waals surface area contributed by atoms with Crippen LogP contribution in [0.2, 0.25) is 5.02 Å². The lowest BCUT2D eigenvalue weighted by Gasteiger charge is -1.95. The van der Waals surface area contributed by atoms with Crippen LogP contribution in [-0.2, 0) is 0 Å². The van der Waals surface area contributed by atoms with Crippen LogP contribution in [0.25, 0.3) is 21.3 Å². The fraction of sp³-hybridized carbons (Fsp3) is 0.125. The van der Waals surface area contributed by atoms with Gasteiger partial charge in [0.15, 0.2) is 10.7 Å². The molecule has 0 atom stereocenters. The minimum absolute atomic E-state index is 0.453. The summed E-state index contributed by atoms with van der Waals surface area (Å²) in [6.45, 7) is 4.06. The van der Waals surface area contributed by atoms with Crippen molar-refractivity contribution >= 4 is 55.4 Å². The minimum atomic E-state index is 0.453. The van der Waals surface area contributed by atoms with E-state index in [1.165, 1.54) is 16.9 Å². The smallest absolute Gasteiger partial charge is 0.302 e. The van der Waals surface area contributed by atoms with Crippen molar-refractivity contribution < 1.29 is 4.42 Å². The highest BCUT2D eigenvalue weighted by atomic mass is 35.5. The van der Waals surface area contributed by atoms with Gasteiger partial charge in [0.2, 0.25) is 0 Å². The maximum atomic E-state index is 6.00. The monoisotopic (exact) mass is 329 g/mol. The van der Waals surface area contributed by atoms with Crippen LogP contribution < -0.4 is 5.32 Å². The van der Waals surface area contributed by atoms with Gasteiger partial charge in [-0.2, -0.15) is 4.98 Å². The van der Waals surface area contributed by atoms with Crippen LogP contribution >= 0.6 is 22.9 Å². The number of halogens is 1. The van der Waals surface area contributed by atoms with Crippen LogP contribution in [0.4, 0.5) is 11.1 Å². The molecule has 0 spiro atoms. The van der Waals surface area contributed by atoms with Crippen LogP contribution in [0.3, 0.4) is 0 Å². The van der Waals surface area contributed by atoms with Crippen molar-refractivity contribution in [3.63, 3.8) is 0 Å². The molecule has 0 aliphatic heterocycles. The molecule has 22 heavy (non-hydrogen) atoms. The first-order chi connectivity index (χ1) is 10.6. The fourth-order valence-electron chi connectivity index (χ4n) is 2.47. The first-order valence-electron chi connectivity index (χ1n) is 6.79. The lowest BCUT2D eigenvalue weighted by Crippen LogP contribution is -1.88. The first kappa shape index (κ1) is 13.5. The van der Waals surface area contributed by atoms with Gasteiger partial charge in [0.1, 0.15) is 5.52 Å². The van der Waals surface area contributed by atoms with Gasteiger partial charge in [0.25, 0.3) is 0 Å². The molecule has 110 valence electrons. The number of nitrogens with one attached hydrogen (secondary N) is 1. The summed E-state index contributed by atoms with van der Waals surface area (Å²) in [5.41, 5.74) is 4.80. The number of hydrogen-bond acceptors (Lipinski definition) is 5. The molecule has 2 heterocycles. The molecule has 0 fully saturated rings. The second kappa shape index (κ2) is 4.97. The molecular formula is C16H12ClN3OS. The van der Waals surface area contributed by atoms with Gasteiger partial charge in [-0.1, -0.05) is 29.0 Å². The summed E-state index contributed by atoms with van der Waals surface area (Å²) >= 11 is 7.52. The molecule has 0 aliphatic rings. The molecule has 0 aliphatic carbocycles. The van der Waals surface area contributed by atoms with E-state index in [4.69, 9.17) is 16.0 Å². The Morgan fingerprint density at radius 1 is 1.09 bits per heavy atom. The third kappa shape index (κ3) is 2.32. The Bertz CT molecular complexity index is 1010. The third-order valence-electron chi connectivity index (χ3n) is 3.38. The normalized spacial score (nSPS) is 11.4. The summed E-state index contributed by atoms with van der Waals surface area (Å²) in [6, 6.07) is 10.2. The number of benzene rings is 2. The van der Waals surface area contributed by atoms with Gasteiger partial charge in [-0.25, -0.2) is 4.98 Å². The predicted molar refractivity (Wildman–Crippen MR) is 91.4 cm³/mol. The van der Waals surface area contributed by atoms with Gasteiger partial charge in [-0.15, -0.1) is 0 Å². The maximum Gasteiger partial charge on any atom is 0.302 e. The van der Waals surface area contributed by atoms with E-state index in [1.54, 1.807) is 0 Å². The Labute approximate surface area is 135 Å². The van der Waals surface area contributed by atoms with Crippen LogP contribution in [0.1, 0.15) is 11.1 Å². The highest BCUT2D eigenvalue weighted by Crippen LogP contribution is 2.31. The van der Waals surface area contributed by atoms with Gasteiger partial charge in [-0.3, -0.25) is 5.32 Å². The lowest BCUT2D eigenvalue weighted by molar-refractivity contribution is 0.620. The first-order valence-corrected chi connectivity index (χ1v) is 7.99. The zero-order valence-electron chi connectivity index (χ0n) is 12.0. The summed E-state index contributed by atoms with van der Waals surface area (Å²) in [5, 5.41) is 4.57. The second-order valence-corrected chi connectivity index (χ2v) is 6.67. The molecule has 4 aromatic rings. The van der Waals surface area contributed by atoms with Gasteiger partial charge >= 0.3 is 6.01 Å². The van der Waals surface area contributed by atoms with Crippen LogP contribution in [-0.4, -0.2) is 9.97 Å². The number of fused-ring (bicyclic) bond motifs is 2. The van der Waals surface area contributed by atoms with E-state index in [-0.39, 0.29) is 0 Å². The number of aromatic nitrogens is 2. The van der Waals surface area contributed by atoms with Gasteiger partial charge in [0, 0.05) is 5.02 Å². The van der Waals surface area contributed by atoms with Crippen molar-refractivity contribution in [1.82, 2.24) is 9.97 Å². The van der Waals surface area contributed by atoms with Crippen molar-refractivity contribution in [1.29, 1.82) is 0 Å². The largest absolute Gasteiger partial charge is 0.423 e. The Hall–Kier alpha value is -2.11. The molecule has 2 aromatic heterocycles. The second-order valence-electron chi connectivity index (χ2n) is 5.21. The minimum Gasteiger partial charge on any atom is -0.423 e. The highest BCUT2D eigenvalue weighted by Gasteiger charge is 2.11. The van der Waals surface area contributed by atoms with Crippen LogP contribution in [0.15, 0.2) is 34.7 Å². The number of anilines is 2. The zero-order chi connectivity index (χ0) is 15.3. The van der Waals surface area contributed by atoms with Crippen LogP contribution in [0.5, 0.6) is 0 Å². The molecule has 2 aromatic carbocycles. The fourth-order valence-corrected chi connectivity index (χ4v) is 3.61. The quantitative estimate of drug-likeness (QED) is 0.531. The number of rotatable bonds is 2. The Morgan fingerprint density at radius 2 is 1.95 bits per heavy atom. The molecule has 4 nitrogen and oxygen atoms in total. The van der Waals surface area contributed by atoms with Crippen molar-refractivity contribution in [2.45, 2.75) is 13.8 Å². The third-order valence-corrected chi connectivity index (χ3v) is 4.55. The summed E-state index contributed by atoms with van der Waals surface area (Å²) in [5.74, 6) is 0. The average molecular weight is 330 g/mol. The molecule has 1 N–H and O–H groups in total. The summed E-state index contributed by atoms with van der Waals surface area (Å²) in [4.78, 5) is 8.99. The van der Waals surface area contributed by atoms with Gasteiger partial charge in [0.05, 0.1) is 10.2 Å². The van der Waals surface area contributed by atoms with E-state index >= 15 is 0 Å². The van der Waals surface area contributed by atoms with Crippen molar-refractivity contribution in [3.05, 3.63) is 46.5 Å². The Balaban J connectivity index is 1.74. The molecular weight excluding hydrogens is 318 g/mol. The summed E-state index contributed by atoms with van der Waals surface area (Å²) in [7, 11) is 0. The topological polar surface area (TPSA) is 51.0 Å². The molecule has 0 unspecified atom stereocenters.